The van der Waals surface area contributed by atoms with Gasteiger partial charge in [-0.2, -0.15) is 0 Å². The van der Waals surface area contributed by atoms with Gasteiger partial charge in [-0.1, -0.05) is 18.2 Å². The van der Waals surface area contributed by atoms with E-state index >= 15 is 0 Å². The molecular formula is C21H22N2O6. The number of anilines is 2. The van der Waals surface area contributed by atoms with Gasteiger partial charge in [-0.3, -0.25) is 14.4 Å². The predicted molar refractivity (Wildman–Crippen MR) is 106 cm³/mol. The molecule has 1 fully saturated rings. The van der Waals surface area contributed by atoms with Crippen LogP contribution in [0, 0.1) is 5.92 Å². The maximum atomic E-state index is 12.5. The first-order chi connectivity index (χ1) is 14.0. The van der Waals surface area contributed by atoms with E-state index in [1.807, 2.05) is 6.07 Å². The van der Waals surface area contributed by atoms with Crippen LogP contribution in [0.4, 0.5) is 11.4 Å². The van der Waals surface area contributed by atoms with Crippen LogP contribution in [0.2, 0.25) is 0 Å². The van der Waals surface area contributed by atoms with Crippen LogP contribution in [0.25, 0.3) is 0 Å². The zero-order valence-corrected chi connectivity index (χ0v) is 16.2. The number of ether oxygens (including phenoxy) is 3. The minimum atomic E-state index is -0.664. The quantitative estimate of drug-likeness (QED) is 0.719. The largest absolute Gasteiger partial charge is 0.497 e. The van der Waals surface area contributed by atoms with Gasteiger partial charge in [0.05, 0.1) is 25.8 Å². The second-order valence-corrected chi connectivity index (χ2v) is 6.47. The summed E-state index contributed by atoms with van der Waals surface area (Å²) in [7, 11) is 3.03. The summed E-state index contributed by atoms with van der Waals surface area (Å²) in [6.07, 6.45) is -0.000494. The topological polar surface area (TPSA) is 94.2 Å². The lowest BCUT2D eigenvalue weighted by Crippen LogP contribution is -2.28. The Hall–Kier alpha value is -3.55. The average Bonchev–Trinajstić information content (AvgIpc) is 3.13. The number of carbonyl (C=O) groups excluding carboxylic acids is 3. The third kappa shape index (κ3) is 4.84. The van der Waals surface area contributed by atoms with Crippen molar-refractivity contribution < 1.29 is 28.6 Å². The monoisotopic (exact) mass is 398 g/mol. The zero-order valence-electron chi connectivity index (χ0n) is 16.2. The maximum Gasteiger partial charge on any atom is 0.311 e. The van der Waals surface area contributed by atoms with Gasteiger partial charge in [0, 0.05) is 24.7 Å². The lowest BCUT2D eigenvalue weighted by Gasteiger charge is -2.20. The summed E-state index contributed by atoms with van der Waals surface area (Å²) in [4.78, 5) is 38.3. The number of carbonyl (C=O) groups is 3. The normalized spacial score (nSPS) is 15.7. The van der Waals surface area contributed by atoms with Gasteiger partial charge >= 0.3 is 5.97 Å². The molecule has 29 heavy (non-hydrogen) atoms. The van der Waals surface area contributed by atoms with Crippen molar-refractivity contribution >= 4 is 29.2 Å². The molecule has 1 saturated heterocycles. The number of para-hydroxylation sites is 1. The van der Waals surface area contributed by atoms with Crippen LogP contribution in [0.1, 0.15) is 6.42 Å². The molecule has 1 atom stereocenters. The number of methoxy groups -OCH3 is 2. The molecule has 0 saturated carbocycles. The molecule has 8 heteroatoms. The van der Waals surface area contributed by atoms with Gasteiger partial charge in [0.15, 0.2) is 6.61 Å². The number of benzene rings is 2. The minimum absolute atomic E-state index is 0.000494. The van der Waals surface area contributed by atoms with Crippen LogP contribution in [0.5, 0.6) is 11.5 Å². The molecular weight excluding hydrogens is 376 g/mol. The molecule has 2 aromatic carbocycles. The van der Waals surface area contributed by atoms with Crippen molar-refractivity contribution in [2.24, 2.45) is 5.92 Å². The van der Waals surface area contributed by atoms with E-state index in [0.717, 1.165) is 0 Å². The molecule has 1 aliphatic heterocycles. The van der Waals surface area contributed by atoms with Gasteiger partial charge in [0.2, 0.25) is 5.91 Å². The third-order valence-corrected chi connectivity index (χ3v) is 4.54. The molecule has 1 heterocycles. The molecule has 2 aromatic rings. The summed E-state index contributed by atoms with van der Waals surface area (Å²) in [5, 5.41) is 2.64. The molecule has 2 amide bonds. The maximum absolute atomic E-state index is 12.5. The number of esters is 1. The van der Waals surface area contributed by atoms with Crippen molar-refractivity contribution in [1.29, 1.82) is 0 Å². The Bertz CT molecular complexity index is 899. The number of hydrogen-bond donors (Lipinski definition) is 1. The molecule has 0 radical (unpaired) electrons. The Labute approximate surface area is 168 Å². The van der Waals surface area contributed by atoms with Gasteiger partial charge in [-0.25, -0.2) is 0 Å². The van der Waals surface area contributed by atoms with E-state index in [0.29, 0.717) is 22.9 Å². The number of amides is 2. The van der Waals surface area contributed by atoms with Gasteiger partial charge in [0.1, 0.15) is 11.5 Å². The van der Waals surface area contributed by atoms with Crippen molar-refractivity contribution in [2.45, 2.75) is 6.42 Å². The average molecular weight is 398 g/mol. The van der Waals surface area contributed by atoms with Crippen molar-refractivity contribution in [3.63, 3.8) is 0 Å². The van der Waals surface area contributed by atoms with Crippen molar-refractivity contribution in [3.05, 3.63) is 48.5 Å². The van der Waals surface area contributed by atoms with E-state index in [1.54, 1.807) is 42.5 Å². The van der Waals surface area contributed by atoms with Gasteiger partial charge in [-0.05, 0) is 24.3 Å². The van der Waals surface area contributed by atoms with E-state index in [4.69, 9.17) is 14.2 Å². The highest BCUT2D eigenvalue weighted by atomic mass is 16.5. The van der Waals surface area contributed by atoms with Crippen LogP contribution in [-0.4, -0.2) is 45.2 Å². The first-order valence-electron chi connectivity index (χ1n) is 9.05. The fourth-order valence-electron chi connectivity index (χ4n) is 3.08. The Balaban J connectivity index is 1.60. The van der Waals surface area contributed by atoms with Crippen LogP contribution in [-0.2, 0) is 19.1 Å². The van der Waals surface area contributed by atoms with Crippen molar-refractivity contribution in [3.8, 4) is 11.5 Å². The third-order valence-electron chi connectivity index (χ3n) is 4.54. The van der Waals surface area contributed by atoms with Gasteiger partial charge in [-0.15, -0.1) is 0 Å². The Morgan fingerprint density at radius 1 is 1.10 bits per heavy atom. The number of nitrogens with one attached hydrogen (secondary N) is 1. The molecule has 0 aliphatic carbocycles. The summed E-state index contributed by atoms with van der Waals surface area (Å²) in [6, 6.07) is 14.0. The van der Waals surface area contributed by atoms with E-state index < -0.39 is 24.4 Å². The molecule has 8 nitrogen and oxygen atoms in total. The van der Waals surface area contributed by atoms with Gasteiger partial charge < -0.3 is 24.4 Å². The standard InChI is InChI=1S/C21H22N2O6/c1-27-16-8-9-18(28-2)17(11-16)23-12-14(10-20(23)25)21(26)29-13-19(24)22-15-6-4-3-5-7-15/h3-9,11,14H,10,12-13H2,1-2H3,(H,22,24)/t14-/m1/s1. The van der Waals surface area contributed by atoms with E-state index in [2.05, 4.69) is 5.32 Å². The summed E-state index contributed by atoms with van der Waals surface area (Å²) in [6.45, 7) is -0.275. The Morgan fingerprint density at radius 2 is 1.86 bits per heavy atom. The lowest BCUT2D eigenvalue weighted by molar-refractivity contribution is -0.151. The fourth-order valence-corrected chi connectivity index (χ4v) is 3.08. The van der Waals surface area contributed by atoms with Crippen LogP contribution >= 0.6 is 0 Å². The smallest absolute Gasteiger partial charge is 0.311 e. The van der Waals surface area contributed by atoms with E-state index in [1.165, 1.54) is 19.1 Å². The predicted octanol–water partition coefficient (Wildman–Crippen LogP) is 2.24. The summed E-state index contributed by atoms with van der Waals surface area (Å²) < 4.78 is 15.6. The second kappa shape index (κ2) is 9.09. The van der Waals surface area contributed by atoms with Crippen LogP contribution < -0.4 is 19.7 Å². The highest BCUT2D eigenvalue weighted by Gasteiger charge is 2.37. The van der Waals surface area contributed by atoms with Crippen molar-refractivity contribution in [2.75, 3.05) is 37.6 Å². The molecule has 1 N–H and O–H groups in total. The second-order valence-electron chi connectivity index (χ2n) is 6.47. The Kier molecular flexibility index (Phi) is 6.33. The first-order valence-corrected chi connectivity index (χ1v) is 9.05. The van der Waals surface area contributed by atoms with Gasteiger partial charge in [0.25, 0.3) is 5.91 Å². The van der Waals surface area contributed by atoms with Crippen LogP contribution in [0.15, 0.2) is 48.5 Å². The zero-order chi connectivity index (χ0) is 20.8. The molecule has 152 valence electrons. The molecule has 3 rings (SSSR count). The SMILES string of the molecule is COc1ccc(OC)c(N2C[C@H](C(=O)OCC(=O)Nc3ccccc3)CC2=O)c1. The van der Waals surface area contributed by atoms with E-state index in [9.17, 15) is 14.4 Å². The molecule has 0 spiro atoms. The number of rotatable bonds is 7. The van der Waals surface area contributed by atoms with Crippen molar-refractivity contribution in [1.82, 2.24) is 0 Å². The Morgan fingerprint density at radius 3 is 2.55 bits per heavy atom. The summed E-state index contributed by atoms with van der Waals surface area (Å²) in [5.41, 5.74) is 1.13. The lowest BCUT2D eigenvalue weighted by atomic mass is 10.1. The summed E-state index contributed by atoms with van der Waals surface area (Å²) in [5.74, 6) is -0.867. The highest BCUT2D eigenvalue weighted by molar-refractivity contribution is 6.01. The minimum Gasteiger partial charge on any atom is -0.497 e. The van der Waals surface area contributed by atoms with Crippen LogP contribution in [0.3, 0.4) is 0 Å². The summed E-state index contributed by atoms with van der Waals surface area (Å²) >= 11 is 0. The molecule has 0 aromatic heterocycles. The highest BCUT2D eigenvalue weighted by Crippen LogP contribution is 2.36. The fraction of sp³-hybridized carbons (Fsp3) is 0.286. The molecule has 0 bridgehead atoms. The molecule has 0 unspecified atom stereocenters. The number of nitrogens with zero attached hydrogens (tertiary/aromatic N) is 1. The first kappa shape index (κ1) is 20.2. The van der Waals surface area contributed by atoms with E-state index in [-0.39, 0.29) is 18.9 Å². The molecule has 1 aliphatic rings. The number of hydrogen-bond acceptors (Lipinski definition) is 6.